The molecule has 1 unspecified atom stereocenters. The van der Waals surface area contributed by atoms with Crippen molar-refractivity contribution in [3.05, 3.63) is 29.3 Å². The zero-order valence-corrected chi connectivity index (χ0v) is 13.7. The van der Waals surface area contributed by atoms with Gasteiger partial charge in [-0.05, 0) is 56.0 Å². The van der Waals surface area contributed by atoms with Gasteiger partial charge < -0.3 is 9.84 Å². The molecule has 4 nitrogen and oxygen atoms in total. The highest BCUT2D eigenvalue weighted by Gasteiger charge is 2.33. The predicted octanol–water partition coefficient (Wildman–Crippen LogP) is 3.34. The molecule has 0 bridgehead atoms. The lowest BCUT2D eigenvalue weighted by Gasteiger charge is -2.26. The fourth-order valence-electron chi connectivity index (χ4n) is 2.20. The van der Waals surface area contributed by atoms with Crippen LogP contribution in [0.4, 0.5) is 0 Å². The zero-order valence-electron chi connectivity index (χ0n) is 13.7. The van der Waals surface area contributed by atoms with Crippen molar-refractivity contribution in [3.8, 4) is 5.75 Å². The van der Waals surface area contributed by atoms with E-state index in [0.29, 0.717) is 18.2 Å². The van der Waals surface area contributed by atoms with Crippen molar-refractivity contribution in [2.75, 3.05) is 13.2 Å². The Morgan fingerprint density at radius 3 is 2.57 bits per heavy atom. The molecule has 0 radical (unpaired) electrons. The molecule has 1 atom stereocenters. The standard InChI is InChI=1S/C17H27NO3/c1-6-9-18-17(5,16(19)20)11-21-14-7-8-15(12(2)3)13(4)10-14/h7-8,10,12,18H,6,9,11H2,1-5H3,(H,19,20). The maximum Gasteiger partial charge on any atom is 0.327 e. The Hall–Kier alpha value is -1.55. The van der Waals surface area contributed by atoms with E-state index in [9.17, 15) is 9.90 Å². The second-order valence-corrected chi connectivity index (χ2v) is 6.03. The highest BCUT2D eigenvalue weighted by Crippen LogP contribution is 2.24. The fraction of sp³-hybridized carbons (Fsp3) is 0.588. The van der Waals surface area contributed by atoms with Crippen LogP contribution >= 0.6 is 0 Å². The SMILES string of the molecule is CCCNC(C)(COc1ccc(C(C)C)c(C)c1)C(=O)O. The Morgan fingerprint density at radius 1 is 1.43 bits per heavy atom. The van der Waals surface area contributed by atoms with E-state index >= 15 is 0 Å². The molecule has 1 rings (SSSR count). The highest BCUT2D eigenvalue weighted by molar-refractivity contribution is 5.78. The number of nitrogens with one attached hydrogen (secondary N) is 1. The molecule has 4 heteroatoms. The number of aryl methyl sites for hydroxylation is 1. The lowest BCUT2D eigenvalue weighted by molar-refractivity contribution is -0.145. The van der Waals surface area contributed by atoms with Gasteiger partial charge in [-0.1, -0.05) is 26.8 Å². The molecule has 0 aliphatic carbocycles. The van der Waals surface area contributed by atoms with Crippen LogP contribution in [0.3, 0.4) is 0 Å². The van der Waals surface area contributed by atoms with E-state index in [1.54, 1.807) is 6.92 Å². The number of carboxylic acid groups (broad SMARTS) is 1. The first kappa shape index (κ1) is 17.5. The summed E-state index contributed by atoms with van der Waals surface area (Å²) in [4.78, 5) is 11.4. The lowest BCUT2D eigenvalue weighted by atomic mass is 9.98. The Morgan fingerprint density at radius 2 is 2.10 bits per heavy atom. The summed E-state index contributed by atoms with van der Waals surface area (Å²) in [5.41, 5.74) is 1.38. The summed E-state index contributed by atoms with van der Waals surface area (Å²) in [5, 5.41) is 12.4. The van der Waals surface area contributed by atoms with E-state index in [4.69, 9.17) is 4.74 Å². The van der Waals surface area contributed by atoms with E-state index < -0.39 is 11.5 Å². The molecule has 0 aliphatic heterocycles. The minimum absolute atomic E-state index is 0.1000. The number of ether oxygens (including phenoxy) is 1. The molecule has 2 N–H and O–H groups in total. The normalized spacial score (nSPS) is 14.0. The Balaban J connectivity index is 2.76. The predicted molar refractivity (Wildman–Crippen MR) is 85.1 cm³/mol. The van der Waals surface area contributed by atoms with Crippen molar-refractivity contribution in [1.29, 1.82) is 0 Å². The van der Waals surface area contributed by atoms with Gasteiger partial charge in [0.15, 0.2) is 0 Å². The van der Waals surface area contributed by atoms with E-state index in [-0.39, 0.29) is 6.61 Å². The number of hydrogen-bond donors (Lipinski definition) is 2. The van der Waals surface area contributed by atoms with Crippen molar-refractivity contribution in [2.24, 2.45) is 0 Å². The maximum atomic E-state index is 11.4. The number of aliphatic carboxylic acids is 1. The van der Waals surface area contributed by atoms with Crippen LogP contribution in [0.1, 0.15) is 51.2 Å². The summed E-state index contributed by atoms with van der Waals surface area (Å²) >= 11 is 0. The molecule has 0 amide bonds. The average molecular weight is 293 g/mol. The molecule has 0 heterocycles. The van der Waals surface area contributed by atoms with Crippen LogP contribution in [-0.2, 0) is 4.79 Å². The Labute approximate surface area is 127 Å². The first-order chi connectivity index (χ1) is 9.80. The third-order valence-electron chi connectivity index (χ3n) is 3.63. The lowest BCUT2D eigenvalue weighted by Crippen LogP contribution is -2.54. The van der Waals surface area contributed by atoms with Crippen LogP contribution in [0.2, 0.25) is 0 Å². The van der Waals surface area contributed by atoms with Gasteiger partial charge in [-0.25, -0.2) is 0 Å². The summed E-state index contributed by atoms with van der Waals surface area (Å²) < 4.78 is 5.70. The van der Waals surface area contributed by atoms with Crippen LogP contribution in [0.5, 0.6) is 5.75 Å². The van der Waals surface area contributed by atoms with Crippen LogP contribution in [0.25, 0.3) is 0 Å². The van der Waals surface area contributed by atoms with E-state index in [1.807, 2.05) is 32.0 Å². The number of carboxylic acids is 1. The number of carbonyl (C=O) groups is 1. The van der Waals surface area contributed by atoms with Gasteiger partial charge in [0, 0.05) is 0 Å². The number of rotatable bonds is 8. The summed E-state index contributed by atoms with van der Waals surface area (Å²) in [6, 6.07) is 5.93. The molecule has 0 spiro atoms. The van der Waals surface area contributed by atoms with Gasteiger partial charge in [-0.15, -0.1) is 0 Å². The smallest absolute Gasteiger partial charge is 0.327 e. The summed E-state index contributed by atoms with van der Waals surface area (Å²) in [6.07, 6.45) is 0.880. The molecule has 0 aliphatic rings. The molecule has 0 saturated heterocycles. The second kappa shape index (κ2) is 7.46. The molecule has 0 aromatic heterocycles. The minimum atomic E-state index is -1.07. The van der Waals surface area contributed by atoms with Crippen LogP contribution in [0.15, 0.2) is 18.2 Å². The van der Waals surface area contributed by atoms with E-state index in [1.165, 1.54) is 11.1 Å². The van der Waals surface area contributed by atoms with Gasteiger partial charge in [0.2, 0.25) is 0 Å². The van der Waals surface area contributed by atoms with Gasteiger partial charge in [0.05, 0.1) is 0 Å². The van der Waals surface area contributed by atoms with Crippen LogP contribution < -0.4 is 10.1 Å². The third kappa shape index (κ3) is 4.74. The number of hydrogen-bond acceptors (Lipinski definition) is 3. The van der Waals surface area contributed by atoms with Crippen molar-refractivity contribution in [2.45, 2.75) is 52.5 Å². The van der Waals surface area contributed by atoms with Crippen molar-refractivity contribution >= 4 is 5.97 Å². The van der Waals surface area contributed by atoms with Gasteiger partial charge in [0.1, 0.15) is 17.9 Å². The quantitative estimate of drug-likeness (QED) is 0.772. The summed E-state index contributed by atoms with van der Waals surface area (Å²) in [6.45, 7) is 10.8. The minimum Gasteiger partial charge on any atom is -0.491 e. The Bertz CT molecular complexity index is 485. The van der Waals surface area contributed by atoms with Crippen LogP contribution in [-0.4, -0.2) is 29.8 Å². The van der Waals surface area contributed by atoms with E-state index in [2.05, 4.69) is 19.2 Å². The van der Waals surface area contributed by atoms with Gasteiger partial charge in [0.25, 0.3) is 0 Å². The molecule has 1 aromatic carbocycles. The largest absolute Gasteiger partial charge is 0.491 e. The zero-order chi connectivity index (χ0) is 16.0. The van der Waals surface area contributed by atoms with Crippen molar-refractivity contribution in [3.63, 3.8) is 0 Å². The fourth-order valence-corrected chi connectivity index (χ4v) is 2.20. The molecule has 21 heavy (non-hydrogen) atoms. The number of benzene rings is 1. The summed E-state index contributed by atoms with van der Waals surface area (Å²) in [7, 11) is 0. The third-order valence-corrected chi connectivity index (χ3v) is 3.63. The van der Waals surface area contributed by atoms with Crippen molar-refractivity contribution in [1.82, 2.24) is 5.32 Å². The van der Waals surface area contributed by atoms with Crippen molar-refractivity contribution < 1.29 is 14.6 Å². The first-order valence-corrected chi connectivity index (χ1v) is 7.52. The Kier molecular flexibility index (Phi) is 6.21. The first-order valence-electron chi connectivity index (χ1n) is 7.52. The monoisotopic (exact) mass is 293 g/mol. The molecule has 1 aromatic rings. The molecule has 118 valence electrons. The van der Waals surface area contributed by atoms with Gasteiger partial charge in [-0.3, -0.25) is 10.1 Å². The van der Waals surface area contributed by atoms with E-state index in [0.717, 1.165) is 6.42 Å². The van der Waals surface area contributed by atoms with Gasteiger partial charge >= 0.3 is 5.97 Å². The van der Waals surface area contributed by atoms with Crippen LogP contribution in [0, 0.1) is 6.92 Å². The molecular weight excluding hydrogens is 266 g/mol. The molecular formula is C17H27NO3. The molecule has 0 fully saturated rings. The second-order valence-electron chi connectivity index (χ2n) is 6.03. The highest BCUT2D eigenvalue weighted by atomic mass is 16.5. The average Bonchev–Trinajstić information content (AvgIpc) is 2.42. The maximum absolute atomic E-state index is 11.4. The van der Waals surface area contributed by atoms with Gasteiger partial charge in [-0.2, -0.15) is 0 Å². The summed E-state index contributed by atoms with van der Waals surface area (Å²) in [5.74, 6) is 0.281. The topological polar surface area (TPSA) is 58.6 Å². The molecule has 0 saturated carbocycles.